The molecule has 5 aromatic carbocycles. The van der Waals surface area contributed by atoms with Gasteiger partial charge in [0.25, 0.3) is 11.8 Å². The fraction of sp³-hybridized carbons (Fsp3) is 0.265. The number of benzene rings is 5. The van der Waals surface area contributed by atoms with E-state index < -0.39 is 54.4 Å². The Bertz CT molecular complexity index is 2880. The van der Waals surface area contributed by atoms with Gasteiger partial charge < -0.3 is 52.7 Å². The van der Waals surface area contributed by atoms with Crippen LogP contribution >= 0.6 is 46.4 Å². The number of hydrogen-bond acceptors (Lipinski definition) is 8. The van der Waals surface area contributed by atoms with Crippen LogP contribution in [-0.2, 0) is 22.4 Å². The highest BCUT2D eigenvalue weighted by Gasteiger charge is 2.34. The number of nitrogens with one attached hydrogen (secondary N) is 6. The maximum Gasteiger partial charge on any atom is 0.328 e. The van der Waals surface area contributed by atoms with E-state index in [1.54, 1.807) is 12.1 Å². The molecule has 6 amide bonds. The van der Waals surface area contributed by atoms with E-state index in [4.69, 9.17) is 52.1 Å². The van der Waals surface area contributed by atoms with Gasteiger partial charge in [-0.1, -0.05) is 113 Å². The Hall–Kier alpha value is -6.72. The molecule has 0 bridgehead atoms. The highest BCUT2D eigenvalue weighted by molar-refractivity contribution is 6.42. The van der Waals surface area contributed by atoms with Crippen LogP contribution in [0.3, 0.4) is 0 Å². The van der Waals surface area contributed by atoms with Gasteiger partial charge in [0.15, 0.2) is 0 Å². The van der Waals surface area contributed by atoms with Crippen LogP contribution in [0.5, 0.6) is 0 Å². The summed E-state index contributed by atoms with van der Waals surface area (Å²) < 4.78 is 0. The van der Waals surface area contributed by atoms with Crippen molar-refractivity contribution in [3.05, 3.63) is 150 Å². The first-order valence-corrected chi connectivity index (χ1v) is 23.5. The van der Waals surface area contributed by atoms with E-state index in [0.717, 1.165) is 51.8 Å². The molecule has 16 nitrogen and oxygen atoms in total. The van der Waals surface area contributed by atoms with Crippen molar-refractivity contribution in [1.82, 2.24) is 31.9 Å². The minimum atomic E-state index is -1.49. The molecule has 3 aliphatic rings. The number of nitrogens with two attached hydrogens (primary N) is 1. The van der Waals surface area contributed by atoms with Crippen LogP contribution in [-0.4, -0.2) is 84.3 Å². The number of aliphatic carboxylic acids is 2. The van der Waals surface area contributed by atoms with Crippen molar-refractivity contribution < 1.29 is 39.0 Å². The molecule has 4 atom stereocenters. The third-order valence-corrected chi connectivity index (χ3v) is 14.1. The van der Waals surface area contributed by atoms with E-state index >= 15 is 0 Å². The van der Waals surface area contributed by atoms with Gasteiger partial charge in [-0.25, -0.2) is 19.2 Å². The predicted molar refractivity (Wildman–Crippen MR) is 264 cm³/mol. The highest BCUT2D eigenvalue weighted by atomic mass is 35.5. The summed E-state index contributed by atoms with van der Waals surface area (Å²) in [7, 11) is 0. The van der Waals surface area contributed by atoms with Crippen molar-refractivity contribution in [3.8, 4) is 11.1 Å². The second-order valence-electron chi connectivity index (χ2n) is 17.0. The van der Waals surface area contributed by atoms with Gasteiger partial charge in [-0.2, -0.15) is 0 Å². The lowest BCUT2D eigenvalue weighted by atomic mass is 9.88. The number of anilines is 2. The molecule has 0 saturated carbocycles. The molecule has 69 heavy (non-hydrogen) atoms. The second-order valence-corrected chi connectivity index (χ2v) is 18.6. The molecule has 358 valence electrons. The first-order valence-electron chi connectivity index (χ1n) is 22.0. The van der Waals surface area contributed by atoms with Gasteiger partial charge in [-0.05, 0) is 88.9 Å². The monoisotopic (exact) mass is 1010 g/mol. The molecule has 20 heteroatoms. The Morgan fingerprint density at radius 3 is 1.80 bits per heavy atom. The van der Waals surface area contributed by atoms with Crippen molar-refractivity contribution in [2.45, 2.75) is 55.8 Å². The average molecular weight is 1020 g/mol. The number of carbonyl (C=O) groups excluding carboxylic acids is 4. The standard InChI is InChI=1S/C49H46Cl4N8O8/c50-32-12-14-34(54)42(52)40(32)44(62)57-37(46(64)65)20-56-49(69)60-36-16-10-28-19-27(8-11-31(28)36)25-5-3-6-26(18-25)29-22-61(23-29)39-17-13-33(51)41(43(39)53)45(63)58-38(47(66)67)21-55-48(68)59-35-15-9-24-4-1-2-7-30(24)35/h1-8,11-14,17-19,29,35-38H,9-10,15-16,20-23,54H2,(H,57,62)(H,58,63)(H,64,65)(H,66,67)(H2,55,59,68)(H2,56,60,69)/t35-,36-,37+,38+/m1/s1. The molecule has 0 radical (unpaired) electrons. The summed E-state index contributed by atoms with van der Waals surface area (Å²) in [5.41, 5.74) is 13.4. The normalized spacial score (nSPS) is 16.8. The van der Waals surface area contributed by atoms with Crippen molar-refractivity contribution >= 4 is 93.6 Å². The van der Waals surface area contributed by atoms with Crippen molar-refractivity contribution in [1.29, 1.82) is 0 Å². The number of nitrogens with zero attached hydrogens (tertiary/aromatic N) is 1. The van der Waals surface area contributed by atoms with Crippen LogP contribution in [0, 0.1) is 0 Å². The third kappa shape index (κ3) is 10.8. The number of carboxylic acids is 2. The molecule has 1 fully saturated rings. The summed E-state index contributed by atoms with van der Waals surface area (Å²) in [6.07, 6.45) is 2.87. The van der Waals surface area contributed by atoms with E-state index in [9.17, 15) is 39.0 Å². The summed E-state index contributed by atoms with van der Waals surface area (Å²) in [5.74, 6) is -4.26. The van der Waals surface area contributed by atoms with E-state index in [1.807, 2.05) is 53.4 Å². The largest absolute Gasteiger partial charge is 0.480 e. The molecule has 0 spiro atoms. The van der Waals surface area contributed by atoms with Gasteiger partial charge in [0, 0.05) is 19.0 Å². The first kappa shape index (κ1) is 48.7. The van der Waals surface area contributed by atoms with Crippen LogP contribution in [0.1, 0.15) is 79.4 Å². The van der Waals surface area contributed by atoms with Crippen LogP contribution in [0.15, 0.2) is 91.0 Å². The Morgan fingerprint density at radius 1 is 0.623 bits per heavy atom. The summed E-state index contributed by atoms with van der Waals surface area (Å²) in [6, 6.07) is 23.4. The zero-order valence-electron chi connectivity index (χ0n) is 36.6. The Labute approximate surface area is 416 Å². The fourth-order valence-electron chi connectivity index (χ4n) is 8.95. The topological polar surface area (TPSA) is 244 Å². The van der Waals surface area contributed by atoms with Gasteiger partial charge >= 0.3 is 24.0 Å². The van der Waals surface area contributed by atoms with E-state index in [0.29, 0.717) is 31.6 Å². The van der Waals surface area contributed by atoms with E-state index in [2.05, 4.69) is 50.1 Å². The van der Waals surface area contributed by atoms with Gasteiger partial charge in [0.05, 0.1) is 67.8 Å². The average Bonchev–Trinajstić information content (AvgIpc) is 3.91. The molecule has 0 aromatic heterocycles. The second kappa shape index (κ2) is 20.9. The number of fused-ring (bicyclic) bond motifs is 2. The number of halogens is 4. The molecular weight excluding hydrogens is 970 g/mol. The van der Waals surface area contributed by atoms with Crippen molar-refractivity contribution in [2.75, 3.05) is 36.8 Å². The number of hydrogen-bond donors (Lipinski definition) is 9. The lowest BCUT2D eigenvalue weighted by Gasteiger charge is -2.42. The Kier molecular flexibility index (Phi) is 14.7. The summed E-state index contributed by atoms with van der Waals surface area (Å²) in [6.45, 7) is 0.363. The van der Waals surface area contributed by atoms with Crippen LogP contribution in [0.2, 0.25) is 20.1 Å². The molecule has 0 unspecified atom stereocenters. The molecule has 1 heterocycles. The smallest absolute Gasteiger partial charge is 0.328 e. The molecule has 1 aliphatic heterocycles. The van der Waals surface area contributed by atoms with Crippen LogP contribution in [0.4, 0.5) is 21.0 Å². The maximum atomic E-state index is 13.5. The molecule has 5 aromatic rings. The highest BCUT2D eigenvalue weighted by Crippen LogP contribution is 2.41. The van der Waals surface area contributed by atoms with Crippen molar-refractivity contribution in [2.24, 2.45) is 0 Å². The zero-order chi connectivity index (χ0) is 49.1. The zero-order valence-corrected chi connectivity index (χ0v) is 39.6. The minimum Gasteiger partial charge on any atom is -0.480 e. The number of rotatable bonds is 15. The fourth-order valence-corrected chi connectivity index (χ4v) is 10.2. The van der Waals surface area contributed by atoms with Gasteiger partial charge in [0.1, 0.15) is 12.1 Å². The minimum absolute atomic E-state index is 0.0126. The Balaban J connectivity index is 0.842. The van der Waals surface area contributed by atoms with Gasteiger partial charge in [-0.15, -0.1) is 0 Å². The number of carboxylic acid groups (broad SMARTS) is 2. The molecule has 8 rings (SSSR count). The molecule has 1 saturated heterocycles. The van der Waals surface area contributed by atoms with Crippen LogP contribution < -0.4 is 42.5 Å². The predicted octanol–water partition coefficient (Wildman–Crippen LogP) is 7.49. The number of urea groups is 2. The number of amides is 6. The lowest BCUT2D eigenvalue weighted by molar-refractivity contribution is -0.140. The number of aryl methyl sites for hydroxylation is 2. The first-order chi connectivity index (χ1) is 33.1. The number of carbonyl (C=O) groups is 6. The van der Waals surface area contributed by atoms with E-state index in [-0.39, 0.29) is 61.5 Å². The maximum absolute atomic E-state index is 13.5. The lowest BCUT2D eigenvalue weighted by Crippen LogP contribution is -2.50. The third-order valence-electron chi connectivity index (χ3n) is 12.7. The summed E-state index contributed by atoms with van der Waals surface area (Å²) >= 11 is 25.6. The van der Waals surface area contributed by atoms with Crippen molar-refractivity contribution in [3.63, 3.8) is 0 Å². The molecule has 2 aliphatic carbocycles. The SMILES string of the molecule is Nc1ccc(Cl)c(C(=O)N[C@@H](CNC(=O)N[C@@H]2CCc3cc(-c4cccc(C5CN(c6ccc(Cl)c(C(=O)N[C@@H](CNC(=O)N[C@@H]7CCc8ccccc87)C(=O)O)c6Cl)C5)c4)ccc32)C(=O)O)c1Cl. The Morgan fingerprint density at radius 2 is 1.17 bits per heavy atom. The van der Waals surface area contributed by atoms with Crippen LogP contribution in [0.25, 0.3) is 11.1 Å². The van der Waals surface area contributed by atoms with Gasteiger partial charge in [0.2, 0.25) is 0 Å². The van der Waals surface area contributed by atoms with Gasteiger partial charge in [-0.3, -0.25) is 9.59 Å². The summed E-state index contributed by atoms with van der Waals surface area (Å²) in [5, 5.41) is 35.4. The molecule has 10 N–H and O–H groups in total. The summed E-state index contributed by atoms with van der Waals surface area (Å²) in [4.78, 5) is 78.3. The van der Waals surface area contributed by atoms with E-state index in [1.165, 1.54) is 12.1 Å². The molecular formula is C49H46Cl4N8O8. The number of nitrogen functional groups attached to an aromatic ring is 1. The quantitative estimate of drug-likeness (QED) is 0.0468.